The van der Waals surface area contributed by atoms with Crippen LogP contribution in [-0.4, -0.2) is 15.3 Å². The van der Waals surface area contributed by atoms with Crippen molar-refractivity contribution in [2.45, 2.75) is 40.7 Å². The highest BCUT2D eigenvalue weighted by Crippen LogP contribution is 2.26. The fourth-order valence-corrected chi connectivity index (χ4v) is 3.31. The summed E-state index contributed by atoms with van der Waals surface area (Å²) in [6.45, 7) is 8.24. The zero-order chi connectivity index (χ0) is 19.0. The van der Waals surface area contributed by atoms with E-state index < -0.39 is 5.91 Å². The second-order valence-electron chi connectivity index (χ2n) is 6.51. The average molecular weight is 354 g/mol. The van der Waals surface area contributed by atoms with Gasteiger partial charge in [-0.25, -0.2) is 9.37 Å². The fourth-order valence-electron chi connectivity index (χ4n) is 3.31. The van der Waals surface area contributed by atoms with Crippen molar-refractivity contribution in [3.05, 3.63) is 63.9 Å². The number of hydrogen-bond donors (Lipinski definition) is 2. The second-order valence-corrected chi connectivity index (χ2v) is 6.51. The number of carbonyl (C=O) groups is 1. The van der Waals surface area contributed by atoms with E-state index in [0.29, 0.717) is 23.4 Å². The number of pyridine rings is 1. The summed E-state index contributed by atoms with van der Waals surface area (Å²) in [5.74, 6) is -0.748. The maximum absolute atomic E-state index is 13.7. The van der Waals surface area contributed by atoms with Crippen LogP contribution in [0.5, 0.6) is 0 Å². The van der Waals surface area contributed by atoms with Crippen LogP contribution in [0.25, 0.3) is 5.65 Å². The van der Waals surface area contributed by atoms with Crippen molar-refractivity contribution in [2.75, 3.05) is 5.32 Å². The molecule has 1 amide bonds. The van der Waals surface area contributed by atoms with E-state index in [1.54, 1.807) is 18.3 Å². The molecule has 0 atom stereocenters. The molecule has 0 aliphatic heterocycles. The topological polar surface area (TPSA) is 72.4 Å². The Bertz CT molecular complexity index is 1010. The monoisotopic (exact) mass is 354 g/mol. The molecule has 2 aromatic heterocycles. The Hall–Kier alpha value is -2.89. The maximum Gasteiger partial charge on any atom is 0.250 e. The molecule has 0 saturated carbocycles. The van der Waals surface area contributed by atoms with Crippen LogP contribution in [0.4, 0.5) is 10.1 Å². The minimum Gasteiger partial charge on any atom is -0.377 e. The zero-order valence-electron chi connectivity index (χ0n) is 15.5. The van der Waals surface area contributed by atoms with Gasteiger partial charge >= 0.3 is 0 Å². The molecule has 0 aliphatic carbocycles. The van der Waals surface area contributed by atoms with E-state index >= 15 is 0 Å². The minimum atomic E-state index is -0.514. The van der Waals surface area contributed by atoms with E-state index in [0.717, 1.165) is 34.5 Å². The van der Waals surface area contributed by atoms with Gasteiger partial charge < -0.3 is 15.5 Å². The summed E-state index contributed by atoms with van der Waals surface area (Å²) in [6.07, 6.45) is 2.53. The first kappa shape index (κ1) is 17.9. The summed E-state index contributed by atoms with van der Waals surface area (Å²) in [6, 6.07) is 4.78. The van der Waals surface area contributed by atoms with Crippen LogP contribution in [0, 0.1) is 26.6 Å². The summed E-state index contributed by atoms with van der Waals surface area (Å²) in [7, 11) is 0. The Balaban J connectivity index is 2.08. The van der Waals surface area contributed by atoms with Gasteiger partial charge in [0.05, 0.1) is 16.9 Å². The number of imidazole rings is 1. The van der Waals surface area contributed by atoms with Gasteiger partial charge in [0.25, 0.3) is 5.91 Å². The molecule has 0 spiro atoms. The minimum absolute atomic E-state index is 0.234. The highest BCUT2D eigenvalue weighted by atomic mass is 19.1. The van der Waals surface area contributed by atoms with Crippen LogP contribution < -0.4 is 11.1 Å². The molecule has 0 saturated heterocycles. The Kier molecular flexibility index (Phi) is 4.68. The number of aromatic nitrogens is 2. The van der Waals surface area contributed by atoms with Crippen LogP contribution in [0.3, 0.4) is 0 Å². The first-order chi connectivity index (χ1) is 12.3. The summed E-state index contributed by atoms with van der Waals surface area (Å²) in [5, 5.41) is 3.32. The van der Waals surface area contributed by atoms with E-state index in [1.807, 2.05) is 32.1 Å². The van der Waals surface area contributed by atoms with Gasteiger partial charge in [0, 0.05) is 18.4 Å². The van der Waals surface area contributed by atoms with Gasteiger partial charge in [-0.1, -0.05) is 6.92 Å². The number of fused-ring (bicyclic) bond motifs is 1. The predicted octanol–water partition coefficient (Wildman–Crippen LogP) is 3.67. The third-order valence-electron chi connectivity index (χ3n) is 4.89. The van der Waals surface area contributed by atoms with E-state index in [9.17, 15) is 9.18 Å². The van der Waals surface area contributed by atoms with Gasteiger partial charge in [-0.3, -0.25) is 4.79 Å². The van der Waals surface area contributed by atoms with Crippen molar-refractivity contribution < 1.29 is 9.18 Å². The number of halogens is 1. The van der Waals surface area contributed by atoms with Crippen molar-refractivity contribution in [3.63, 3.8) is 0 Å². The summed E-state index contributed by atoms with van der Waals surface area (Å²) < 4.78 is 15.6. The molecule has 0 aliphatic rings. The van der Waals surface area contributed by atoms with Gasteiger partial charge in [-0.15, -0.1) is 0 Å². The lowest BCUT2D eigenvalue weighted by molar-refractivity contribution is 0.100. The molecule has 0 bridgehead atoms. The zero-order valence-corrected chi connectivity index (χ0v) is 15.5. The third kappa shape index (κ3) is 3.03. The SMILES string of the molecule is CCc1cc(F)cc(C)c1CNc1c(C(N)=O)ccn2c(C)c(C)nc12. The lowest BCUT2D eigenvalue weighted by Crippen LogP contribution is -2.16. The number of hydrogen-bond acceptors (Lipinski definition) is 3. The van der Waals surface area contributed by atoms with Crippen molar-refractivity contribution in [1.82, 2.24) is 9.38 Å². The first-order valence-electron chi connectivity index (χ1n) is 8.63. The van der Waals surface area contributed by atoms with Crippen LogP contribution in [0.1, 0.15) is 45.4 Å². The molecule has 136 valence electrons. The molecule has 1 aromatic carbocycles. The highest BCUT2D eigenvalue weighted by molar-refractivity contribution is 6.01. The van der Waals surface area contributed by atoms with E-state index in [4.69, 9.17) is 5.73 Å². The van der Waals surface area contributed by atoms with E-state index in [1.165, 1.54) is 6.07 Å². The Labute approximate surface area is 152 Å². The van der Waals surface area contributed by atoms with Crippen molar-refractivity contribution >= 4 is 17.2 Å². The summed E-state index contributed by atoms with van der Waals surface area (Å²) in [5.41, 5.74) is 11.9. The number of primary amides is 1. The number of nitrogens with zero attached hydrogens (tertiary/aromatic N) is 2. The number of aryl methyl sites for hydroxylation is 4. The molecule has 6 heteroatoms. The van der Waals surface area contributed by atoms with E-state index in [2.05, 4.69) is 10.3 Å². The van der Waals surface area contributed by atoms with Crippen LogP contribution in [0.2, 0.25) is 0 Å². The molecular formula is C20H23FN4O. The van der Waals surface area contributed by atoms with E-state index in [-0.39, 0.29) is 5.82 Å². The number of anilines is 1. The Morgan fingerprint density at radius 2 is 2.04 bits per heavy atom. The molecule has 3 aromatic rings. The predicted molar refractivity (Wildman–Crippen MR) is 101 cm³/mol. The molecular weight excluding hydrogens is 331 g/mol. The standard InChI is InChI=1S/C20H23FN4O/c1-5-14-9-15(21)8-11(2)17(14)10-23-18-16(19(22)26)6-7-25-13(4)12(3)24-20(18)25/h6-9,23H,5,10H2,1-4H3,(H2,22,26). The van der Waals surface area contributed by atoms with Crippen LogP contribution in [-0.2, 0) is 13.0 Å². The second kappa shape index (κ2) is 6.78. The summed E-state index contributed by atoms with van der Waals surface area (Å²) in [4.78, 5) is 16.5. The molecule has 0 radical (unpaired) electrons. The molecule has 0 unspecified atom stereocenters. The number of carbonyl (C=O) groups excluding carboxylic acids is 1. The van der Waals surface area contributed by atoms with Crippen molar-refractivity contribution in [2.24, 2.45) is 5.73 Å². The third-order valence-corrected chi connectivity index (χ3v) is 4.89. The molecule has 0 fully saturated rings. The van der Waals surface area contributed by atoms with Gasteiger partial charge in [0.1, 0.15) is 5.82 Å². The number of nitrogens with one attached hydrogen (secondary N) is 1. The molecule has 3 rings (SSSR count). The molecule has 26 heavy (non-hydrogen) atoms. The van der Waals surface area contributed by atoms with Crippen molar-refractivity contribution in [3.8, 4) is 0 Å². The average Bonchev–Trinajstić information content (AvgIpc) is 2.88. The number of nitrogens with two attached hydrogens (primary N) is 1. The number of benzene rings is 1. The molecule has 3 N–H and O–H groups in total. The normalized spacial score (nSPS) is 11.1. The summed E-state index contributed by atoms with van der Waals surface area (Å²) >= 11 is 0. The lowest BCUT2D eigenvalue weighted by Gasteiger charge is -2.16. The van der Waals surface area contributed by atoms with Gasteiger partial charge in [0.2, 0.25) is 0 Å². The Morgan fingerprint density at radius 3 is 2.69 bits per heavy atom. The largest absolute Gasteiger partial charge is 0.377 e. The lowest BCUT2D eigenvalue weighted by atomic mass is 9.99. The number of amides is 1. The molecule has 2 heterocycles. The molecule has 5 nitrogen and oxygen atoms in total. The van der Waals surface area contributed by atoms with Gasteiger partial charge in [-0.05, 0) is 62.1 Å². The Morgan fingerprint density at radius 1 is 1.31 bits per heavy atom. The van der Waals surface area contributed by atoms with Crippen LogP contribution >= 0.6 is 0 Å². The van der Waals surface area contributed by atoms with Crippen molar-refractivity contribution in [1.29, 1.82) is 0 Å². The number of rotatable bonds is 5. The highest BCUT2D eigenvalue weighted by Gasteiger charge is 2.17. The maximum atomic E-state index is 13.7. The van der Waals surface area contributed by atoms with Crippen LogP contribution in [0.15, 0.2) is 24.4 Å². The fraction of sp³-hybridized carbons (Fsp3) is 0.300. The first-order valence-corrected chi connectivity index (χ1v) is 8.63. The van der Waals surface area contributed by atoms with Gasteiger partial charge in [0.15, 0.2) is 5.65 Å². The smallest absolute Gasteiger partial charge is 0.250 e. The quantitative estimate of drug-likeness (QED) is 0.734. The van der Waals surface area contributed by atoms with Gasteiger partial charge in [-0.2, -0.15) is 0 Å².